The molecule has 1 amide bonds. The maximum Gasteiger partial charge on any atom is 0.225 e. The van der Waals surface area contributed by atoms with Crippen LogP contribution in [0.25, 0.3) is 0 Å². The van der Waals surface area contributed by atoms with E-state index < -0.39 is 0 Å². The first-order valence-corrected chi connectivity index (χ1v) is 10.5. The van der Waals surface area contributed by atoms with E-state index in [9.17, 15) is 4.79 Å². The Balaban J connectivity index is 1.22. The highest BCUT2D eigenvalue weighted by Gasteiger charge is 2.51. The highest BCUT2D eigenvalue weighted by Crippen LogP contribution is 2.61. The van der Waals surface area contributed by atoms with Crippen LogP contribution in [0, 0.1) is 23.2 Å². The number of benzene rings is 1. The number of carbonyl (C=O) groups is 1. The molecule has 6 rings (SSSR count). The van der Waals surface area contributed by atoms with Gasteiger partial charge in [0.1, 0.15) is 0 Å². The van der Waals surface area contributed by atoms with Gasteiger partial charge in [0.2, 0.25) is 5.91 Å². The second-order valence-corrected chi connectivity index (χ2v) is 9.57. The molecular weight excluding hydrogens is 358 g/mol. The van der Waals surface area contributed by atoms with Crippen LogP contribution < -0.4 is 5.32 Å². The van der Waals surface area contributed by atoms with Gasteiger partial charge in [-0.3, -0.25) is 9.48 Å². The Kier molecular flexibility index (Phi) is 4.27. The zero-order valence-electron chi connectivity index (χ0n) is 15.5. The number of nitrogens with one attached hydrogen (secondary N) is 1. The summed E-state index contributed by atoms with van der Waals surface area (Å²) < 4.78 is 1.82. The number of nitrogens with zero attached hydrogens (tertiary/aromatic N) is 2. The number of hydrogen-bond acceptors (Lipinski definition) is 2. The van der Waals surface area contributed by atoms with Gasteiger partial charge in [-0.25, -0.2) is 0 Å². The first kappa shape index (κ1) is 17.3. The second-order valence-electron chi connectivity index (χ2n) is 9.16. The minimum absolute atomic E-state index is 0.147. The van der Waals surface area contributed by atoms with E-state index in [2.05, 4.69) is 10.4 Å². The summed E-state index contributed by atoms with van der Waals surface area (Å²) in [4.78, 5) is 12.7. The number of aromatic nitrogens is 2. The van der Waals surface area contributed by atoms with Crippen LogP contribution in [0.4, 0.5) is 5.69 Å². The van der Waals surface area contributed by atoms with Gasteiger partial charge in [0.15, 0.2) is 0 Å². The predicted octanol–water partition coefficient (Wildman–Crippen LogP) is 5.13. The maximum absolute atomic E-state index is 12.7. The van der Waals surface area contributed by atoms with E-state index in [-0.39, 0.29) is 11.3 Å². The Morgan fingerprint density at radius 3 is 2.48 bits per heavy atom. The lowest BCUT2D eigenvalue weighted by Crippen LogP contribution is -2.47. The fourth-order valence-electron chi connectivity index (χ4n) is 6.37. The minimum Gasteiger partial charge on any atom is -0.323 e. The standard InChI is InChI=1S/C22H26ClN3O/c23-20-4-2-1-3-18(20)13-26-14-19(12-24-26)25-21(27)11-22-8-15-5-16(9-22)7-17(6-15)10-22/h1-4,12,14-17H,5-11,13H2,(H,25,27). The van der Waals surface area contributed by atoms with Crippen LogP contribution in [-0.2, 0) is 11.3 Å². The average Bonchev–Trinajstić information content (AvgIpc) is 3.02. The molecule has 0 spiro atoms. The number of halogens is 1. The molecule has 5 heteroatoms. The summed E-state index contributed by atoms with van der Waals surface area (Å²) in [5, 5.41) is 8.19. The van der Waals surface area contributed by atoms with E-state index in [1.807, 2.05) is 35.1 Å². The third-order valence-electron chi connectivity index (χ3n) is 6.91. The van der Waals surface area contributed by atoms with Gasteiger partial charge in [-0.1, -0.05) is 29.8 Å². The quantitative estimate of drug-likeness (QED) is 0.777. The molecule has 2 aromatic rings. The van der Waals surface area contributed by atoms with Crippen molar-refractivity contribution in [1.82, 2.24) is 9.78 Å². The molecule has 4 bridgehead atoms. The lowest BCUT2D eigenvalue weighted by Gasteiger charge is -2.56. The average molecular weight is 384 g/mol. The summed E-state index contributed by atoms with van der Waals surface area (Å²) in [7, 11) is 0. The van der Waals surface area contributed by atoms with Crippen LogP contribution in [0.5, 0.6) is 0 Å². The molecule has 1 N–H and O–H groups in total. The van der Waals surface area contributed by atoms with Gasteiger partial charge in [0.25, 0.3) is 0 Å². The predicted molar refractivity (Wildman–Crippen MR) is 107 cm³/mol. The third kappa shape index (κ3) is 3.52. The first-order chi connectivity index (χ1) is 13.1. The topological polar surface area (TPSA) is 46.9 Å². The molecular formula is C22H26ClN3O. The van der Waals surface area contributed by atoms with Crippen molar-refractivity contribution in [2.75, 3.05) is 5.32 Å². The Bertz CT molecular complexity index is 823. The largest absolute Gasteiger partial charge is 0.323 e. The summed E-state index contributed by atoms with van der Waals surface area (Å²) in [6.45, 7) is 0.602. The van der Waals surface area contributed by atoms with Crippen molar-refractivity contribution in [3.05, 3.63) is 47.2 Å². The van der Waals surface area contributed by atoms with Crippen LogP contribution in [0.3, 0.4) is 0 Å². The van der Waals surface area contributed by atoms with Crippen molar-refractivity contribution >= 4 is 23.2 Å². The van der Waals surface area contributed by atoms with Crippen LogP contribution in [0.15, 0.2) is 36.7 Å². The zero-order valence-corrected chi connectivity index (χ0v) is 16.3. The van der Waals surface area contributed by atoms with Crippen LogP contribution in [0.1, 0.15) is 50.5 Å². The molecule has 1 aromatic carbocycles. The van der Waals surface area contributed by atoms with E-state index >= 15 is 0 Å². The fourth-order valence-corrected chi connectivity index (χ4v) is 6.56. The fraction of sp³-hybridized carbons (Fsp3) is 0.545. The lowest BCUT2D eigenvalue weighted by molar-refractivity contribution is -0.124. The summed E-state index contributed by atoms with van der Waals surface area (Å²) in [6.07, 6.45) is 12.3. The summed E-state index contributed by atoms with van der Waals surface area (Å²) >= 11 is 6.23. The SMILES string of the molecule is O=C(CC12CC3CC(CC(C3)C1)C2)Nc1cnn(Cc2ccccc2Cl)c1. The molecule has 1 heterocycles. The normalized spacial score (nSPS) is 31.2. The van der Waals surface area contributed by atoms with Gasteiger partial charge < -0.3 is 5.32 Å². The zero-order chi connectivity index (χ0) is 18.4. The van der Waals surface area contributed by atoms with Crippen molar-refractivity contribution in [1.29, 1.82) is 0 Å². The van der Waals surface area contributed by atoms with Crippen LogP contribution >= 0.6 is 11.6 Å². The number of hydrogen-bond donors (Lipinski definition) is 1. The highest BCUT2D eigenvalue weighted by molar-refractivity contribution is 6.31. The molecule has 4 aliphatic carbocycles. The van der Waals surface area contributed by atoms with Gasteiger partial charge in [0, 0.05) is 17.6 Å². The number of anilines is 1. The molecule has 4 aliphatic rings. The molecule has 0 aliphatic heterocycles. The van der Waals surface area contributed by atoms with Gasteiger partial charge in [-0.05, 0) is 73.3 Å². The van der Waals surface area contributed by atoms with Gasteiger partial charge >= 0.3 is 0 Å². The molecule has 0 radical (unpaired) electrons. The maximum atomic E-state index is 12.7. The molecule has 142 valence electrons. The van der Waals surface area contributed by atoms with E-state index in [0.717, 1.165) is 34.0 Å². The Labute approximate surface area is 165 Å². The highest BCUT2D eigenvalue weighted by atomic mass is 35.5. The molecule has 4 fully saturated rings. The van der Waals surface area contributed by atoms with Gasteiger partial charge in [0.05, 0.1) is 18.4 Å². The van der Waals surface area contributed by atoms with E-state index in [4.69, 9.17) is 11.6 Å². The molecule has 4 saturated carbocycles. The number of rotatable bonds is 5. The summed E-state index contributed by atoms with van der Waals surface area (Å²) in [6, 6.07) is 7.77. The molecule has 4 nitrogen and oxygen atoms in total. The molecule has 0 saturated heterocycles. The first-order valence-electron chi connectivity index (χ1n) is 10.1. The number of amides is 1. The van der Waals surface area contributed by atoms with E-state index in [0.29, 0.717) is 13.0 Å². The van der Waals surface area contributed by atoms with Crippen LogP contribution in [0.2, 0.25) is 5.02 Å². The van der Waals surface area contributed by atoms with Crippen molar-refractivity contribution in [3.63, 3.8) is 0 Å². The number of carbonyl (C=O) groups excluding carboxylic acids is 1. The monoisotopic (exact) mass is 383 g/mol. The van der Waals surface area contributed by atoms with Crippen molar-refractivity contribution in [2.45, 2.75) is 51.5 Å². The van der Waals surface area contributed by atoms with Crippen molar-refractivity contribution in [2.24, 2.45) is 23.2 Å². The lowest BCUT2D eigenvalue weighted by atomic mass is 9.49. The smallest absolute Gasteiger partial charge is 0.225 e. The third-order valence-corrected chi connectivity index (χ3v) is 7.28. The molecule has 0 unspecified atom stereocenters. The van der Waals surface area contributed by atoms with Crippen molar-refractivity contribution < 1.29 is 4.79 Å². The summed E-state index contributed by atoms with van der Waals surface area (Å²) in [5.41, 5.74) is 2.07. The molecule has 0 atom stereocenters. The van der Waals surface area contributed by atoms with Gasteiger partial charge in [-0.2, -0.15) is 5.10 Å². The Morgan fingerprint density at radius 2 is 1.81 bits per heavy atom. The Morgan fingerprint density at radius 1 is 1.15 bits per heavy atom. The van der Waals surface area contributed by atoms with E-state index in [1.54, 1.807) is 6.20 Å². The second kappa shape index (κ2) is 6.66. The molecule has 27 heavy (non-hydrogen) atoms. The van der Waals surface area contributed by atoms with Crippen molar-refractivity contribution in [3.8, 4) is 0 Å². The Hall–Kier alpha value is -1.81. The van der Waals surface area contributed by atoms with Crippen LogP contribution in [-0.4, -0.2) is 15.7 Å². The van der Waals surface area contributed by atoms with E-state index in [1.165, 1.54) is 38.5 Å². The van der Waals surface area contributed by atoms with Gasteiger partial charge in [-0.15, -0.1) is 0 Å². The summed E-state index contributed by atoms with van der Waals surface area (Å²) in [5.74, 6) is 2.78. The molecule has 1 aromatic heterocycles. The minimum atomic E-state index is 0.147.